The zero-order valence-electron chi connectivity index (χ0n) is 14.1. The van der Waals surface area contributed by atoms with Gasteiger partial charge in [0.1, 0.15) is 5.69 Å². The van der Waals surface area contributed by atoms with Gasteiger partial charge in [-0.25, -0.2) is 4.79 Å². The third-order valence-electron chi connectivity index (χ3n) is 4.52. The van der Waals surface area contributed by atoms with Gasteiger partial charge in [-0.2, -0.15) is 0 Å². The van der Waals surface area contributed by atoms with Gasteiger partial charge in [0.2, 0.25) is 11.5 Å². The number of aryl methyl sites for hydroxylation is 1. The quantitative estimate of drug-likeness (QED) is 0.527. The highest BCUT2D eigenvalue weighted by Crippen LogP contribution is 2.24. The summed E-state index contributed by atoms with van der Waals surface area (Å²) in [7, 11) is 0. The Morgan fingerprint density at radius 1 is 1.08 bits per heavy atom. The van der Waals surface area contributed by atoms with Crippen LogP contribution in [0.1, 0.15) is 39.3 Å². The van der Waals surface area contributed by atoms with Gasteiger partial charge < -0.3 is 9.26 Å². The predicted molar refractivity (Wildman–Crippen MR) is 94.9 cm³/mol. The number of Topliss-reactive ketones (excluding diaryl/α,β-unsaturated/α-hetero) is 1. The lowest BCUT2D eigenvalue weighted by Gasteiger charge is -2.13. The summed E-state index contributed by atoms with van der Waals surface area (Å²) in [6.45, 7) is 0. The number of hydrogen-bond donors (Lipinski definition) is 0. The fourth-order valence-corrected chi connectivity index (χ4v) is 3.18. The molecule has 0 fully saturated rings. The molecule has 3 aromatic rings. The number of carbonyl (C=O) groups excluding carboxylic acids is 2. The highest BCUT2D eigenvalue weighted by molar-refractivity contribution is 6.02. The fraction of sp³-hybridized carbons (Fsp3) is 0.190. The SMILES string of the molecule is O=C(OC1CCCc2ccccc2C1=O)c1cc(-c2ccccc2)no1. The molecule has 0 N–H and O–H groups in total. The van der Waals surface area contributed by atoms with E-state index in [9.17, 15) is 9.59 Å². The summed E-state index contributed by atoms with van der Waals surface area (Å²) in [4.78, 5) is 25.1. The summed E-state index contributed by atoms with van der Waals surface area (Å²) in [5.74, 6) is -0.833. The minimum Gasteiger partial charge on any atom is -0.448 e. The molecule has 5 nitrogen and oxygen atoms in total. The maximum Gasteiger partial charge on any atom is 0.377 e. The molecule has 0 spiro atoms. The highest BCUT2D eigenvalue weighted by atomic mass is 16.6. The minimum absolute atomic E-state index is 0.00538. The van der Waals surface area contributed by atoms with E-state index in [2.05, 4.69) is 5.16 Å². The molecule has 5 heteroatoms. The number of benzene rings is 2. The van der Waals surface area contributed by atoms with Crippen LogP contribution in [-0.2, 0) is 11.2 Å². The lowest BCUT2D eigenvalue weighted by atomic mass is 10.0. The van der Waals surface area contributed by atoms with Crippen molar-refractivity contribution in [3.63, 3.8) is 0 Å². The molecule has 1 unspecified atom stereocenters. The van der Waals surface area contributed by atoms with Crippen LogP contribution in [0, 0.1) is 0 Å². The molecular formula is C21H17NO4. The molecule has 0 amide bonds. The van der Waals surface area contributed by atoms with Crippen LogP contribution >= 0.6 is 0 Å². The highest BCUT2D eigenvalue weighted by Gasteiger charge is 2.30. The third-order valence-corrected chi connectivity index (χ3v) is 4.52. The average molecular weight is 347 g/mol. The molecule has 1 aromatic heterocycles. The van der Waals surface area contributed by atoms with E-state index in [0.29, 0.717) is 17.7 Å². The normalized spacial score (nSPS) is 16.6. The minimum atomic E-state index is -0.795. The Balaban J connectivity index is 1.52. The summed E-state index contributed by atoms with van der Waals surface area (Å²) in [6, 6.07) is 18.4. The van der Waals surface area contributed by atoms with Crippen LogP contribution in [0.25, 0.3) is 11.3 Å². The van der Waals surface area contributed by atoms with Crippen molar-refractivity contribution in [1.29, 1.82) is 0 Å². The van der Waals surface area contributed by atoms with Crippen molar-refractivity contribution < 1.29 is 18.8 Å². The molecule has 2 aromatic carbocycles. The van der Waals surface area contributed by atoms with E-state index in [4.69, 9.17) is 9.26 Å². The molecule has 130 valence electrons. The molecular weight excluding hydrogens is 330 g/mol. The zero-order valence-corrected chi connectivity index (χ0v) is 14.1. The summed E-state index contributed by atoms with van der Waals surface area (Å²) in [5, 5.41) is 3.91. The standard InChI is InChI=1S/C21H17NO4/c23-20-16-11-5-4-7-14(16)10-6-12-18(20)25-21(24)19-13-17(22-26-19)15-8-2-1-3-9-15/h1-5,7-9,11,13,18H,6,10,12H2. The zero-order chi connectivity index (χ0) is 17.9. The van der Waals surface area contributed by atoms with Crippen molar-refractivity contribution >= 4 is 11.8 Å². The number of nitrogens with zero attached hydrogens (tertiary/aromatic N) is 1. The lowest BCUT2D eigenvalue weighted by Crippen LogP contribution is -2.26. The van der Waals surface area contributed by atoms with Crippen molar-refractivity contribution in [1.82, 2.24) is 5.16 Å². The van der Waals surface area contributed by atoms with Crippen LogP contribution in [0.5, 0.6) is 0 Å². The molecule has 0 saturated carbocycles. The van der Waals surface area contributed by atoms with Crippen LogP contribution in [0.3, 0.4) is 0 Å². The molecule has 26 heavy (non-hydrogen) atoms. The van der Waals surface area contributed by atoms with Gasteiger partial charge in [0.15, 0.2) is 6.10 Å². The number of aromatic nitrogens is 1. The molecule has 4 rings (SSSR count). The largest absolute Gasteiger partial charge is 0.448 e. The van der Waals surface area contributed by atoms with Gasteiger partial charge in [0.05, 0.1) is 0 Å². The van der Waals surface area contributed by atoms with Crippen LogP contribution in [-0.4, -0.2) is 23.0 Å². The Labute approximate surface area is 150 Å². The second kappa shape index (κ2) is 6.96. The maximum absolute atomic E-state index is 12.7. The summed E-state index contributed by atoms with van der Waals surface area (Å²) in [6.07, 6.45) is 1.29. The lowest BCUT2D eigenvalue weighted by molar-refractivity contribution is 0.0232. The molecule has 1 aliphatic rings. The van der Waals surface area contributed by atoms with Gasteiger partial charge in [0.25, 0.3) is 0 Å². The maximum atomic E-state index is 12.7. The molecule has 1 aliphatic carbocycles. The van der Waals surface area contributed by atoms with Gasteiger partial charge >= 0.3 is 5.97 Å². The van der Waals surface area contributed by atoms with E-state index >= 15 is 0 Å². The predicted octanol–water partition coefficient (Wildman–Crippen LogP) is 4.09. The first kappa shape index (κ1) is 16.3. The van der Waals surface area contributed by atoms with Crippen LogP contribution in [0.2, 0.25) is 0 Å². The Morgan fingerprint density at radius 2 is 1.85 bits per heavy atom. The molecule has 1 heterocycles. The molecule has 0 aliphatic heterocycles. The van der Waals surface area contributed by atoms with E-state index in [-0.39, 0.29) is 11.5 Å². The van der Waals surface area contributed by atoms with Gasteiger partial charge in [0, 0.05) is 17.2 Å². The first-order chi connectivity index (χ1) is 12.7. The van der Waals surface area contributed by atoms with Crippen LogP contribution < -0.4 is 0 Å². The van der Waals surface area contributed by atoms with Crippen molar-refractivity contribution in [2.75, 3.05) is 0 Å². The monoisotopic (exact) mass is 347 g/mol. The topological polar surface area (TPSA) is 69.4 Å². The number of ether oxygens (including phenoxy) is 1. The number of hydrogen-bond acceptors (Lipinski definition) is 5. The van der Waals surface area contributed by atoms with Gasteiger partial charge in [-0.15, -0.1) is 0 Å². The van der Waals surface area contributed by atoms with Gasteiger partial charge in [-0.3, -0.25) is 4.79 Å². The first-order valence-corrected chi connectivity index (χ1v) is 8.57. The summed E-state index contributed by atoms with van der Waals surface area (Å²) >= 11 is 0. The van der Waals surface area contributed by atoms with E-state index in [0.717, 1.165) is 24.0 Å². The third kappa shape index (κ3) is 3.16. The van der Waals surface area contributed by atoms with E-state index < -0.39 is 12.1 Å². The van der Waals surface area contributed by atoms with Crippen molar-refractivity contribution in [2.45, 2.75) is 25.4 Å². The van der Waals surface area contributed by atoms with E-state index in [1.165, 1.54) is 6.07 Å². The number of fused-ring (bicyclic) bond motifs is 1. The number of rotatable bonds is 3. The van der Waals surface area contributed by atoms with Crippen LogP contribution in [0.4, 0.5) is 0 Å². The Morgan fingerprint density at radius 3 is 2.69 bits per heavy atom. The molecule has 0 bridgehead atoms. The first-order valence-electron chi connectivity index (χ1n) is 8.57. The van der Waals surface area contributed by atoms with Gasteiger partial charge in [-0.1, -0.05) is 59.8 Å². The van der Waals surface area contributed by atoms with E-state index in [1.807, 2.05) is 48.5 Å². The summed E-state index contributed by atoms with van der Waals surface area (Å²) < 4.78 is 10.6. The molecule has 0 radical (unpaired) electrons. The van der Waals surface area contributed by atoms with Crippen molar-refractivity contribution in [3.05, 3.63) is 77.6 Å². The Hall–Kier alpha value is -3.21. The Bertz CT molecular complexity index is 945. The Kier molecular flexibility index (Phi) is 4.35. The van der Waals surface area contributed by atoms with E-state index in [1.54, 1.807) is 6.07 Å². The second-order valence-corrected chi connectivity index (χ2v) is 6.25. The van der Waals surface area contributed by atoms with Crippen molar-refractivity contribution in [3.8, 4) is 11.3 Å². The fourth-order valence-electron chi connectivity index (χ4n) is 3.18. The second-order valence-electron chi connectivity index (χ2n) is 6.25. The number of carbonyl (C=O) groups is 2. The summed E-state index contributed by atoms with van der Waals surface area (Å²) in [5.41, 5.74) is 3.03. The molecule has 0 saturated heterocycles. The van der Waals surface area contributed by atoms with Crippen molar-refractivity contribution in [2.24, 2.45) is 0 Å². The molecule has 1 atom stereocenters. The van der Waals surface area contributed by atoms with Gasteiger partial charge in [-0.05, 0) is 24.8 Å². The van der Waals surface area contributed by atoms with Crippen LogP contribution in [0.15, 0.2) is 65.2 Å². The smallest absolute Gasteiger partial charge is 0.377 e. The number of esters is 1. The average Bonchev–Trinajstić information content (AvgIpc) is 3.12. The number of ketones is 1.